The number of methoxy groups -OCH3 is 1. The number of amidine groups is 1. The number of carbonyl (C=O) groups excluding carboxylic acids is 3. The highest BCUT2D eigenvalue weighted by Gasteiger charge is 2.21. The molecule has 0 aliphatic carbocycles. The number of benzene rings is 2. The zero-order valence-electron chi connectivity index (χ0n) is 22.9. The van der Waals surface area contributed by atoms with Crippen LogP contribution < -0.4 is 15.4 Å². The van der Waals surface area contributed by atoms with Gasteiger partial charge >= 0.3 is 12.1 Å². The van der Waals surface area contributed by atoms with Crippen LogP contribution in [0.4, 0.5) is 10.6 Å². The van der Waals surface area contributed by atoms with Gasteiger partial charge in [0.2, 0.25) is 0 Å². The average molecular weight is 559 g/mol. The van der Waals surface area contributed by atoms with E-state index < -0.39 is 12.1 Å². The van der Waals surface area contributed by atoms with Crippen LogP contribution in [-0.2, 0) is 27.9 Å². The first-order valence-electron chi connectivity index (χ1n) is 12.8. The van der Waals surface area contributed by atoms with Crippen molar-refractivity contribution in [1.29, 1.82) is 0 Å². The van der Waals surface area contributed by atoms with Crippen molar-refractivity contribution in [2.75, 3.05) is 25.2 Å². The summed E-state index contributed by atoms with van der Waals surface area (Å²) in [7, 11) is 3.17. The van der Waals surface area contributed by atoms with E-state index in [0.717, 1.165) is 5.52 Å². The largest absolute Gasteiger partial charge is 0.486 e. The normalized spacial score (nSPS) is 11.2. The Bertz CT molecular complexity index is 1570. The van der Waals surface area contributed by atoms with Gasteiger partial charge in [-0.15, -0.1) is 0 Å². The zero-order chi connectivity index (χ0) is 29.4. The van der Waals surface area contributed by atoms with Gasteiger partial charge in [0, 0.05) is 30.9 Å². The minimum absolute atomic E-state index is 0.0257. The molecule has 0 aliphatic heterocycles. The molecule has 0 saturated heterocycles. The summed E-state index contributed by atoms with van der Waals surface area (Å²) in [5.74, 6) is 0.941. The van der Waals surface area contributed by atoms with Crippen LogP contribution in [0, 0.1) is 0 Å². The number of anilines is 1. The molecule has 4 aromatic rings. The molecule has 2 amide bonds. The molecular weight excluding hydrogens is 528 g/mol. The molecular formula is C29H30N6O6. The second-order valence-corrected chi connectivity index (χ2v) is 8.77. The van der Waals surface area contributed by atoms with Gasteiger partial charge in [0.05, 0.1) is 31.2 Å². The van der Waals surface area contributed by atoms with Gasteiger partial charge in [-0.2, -0.15) is 4.99 Å². The van der Waals surface area contributed by atoms with E-state index in [-0.39, 0.29) is 37.9 Å². The maximum absolute atomic E-state index is 13.5. The third kappa shape index (κ3) is 7.04. The lowest BCUT2D eigenvalue weighted by atomic mass is 10.1. The van der Waals surface area contributed by atoms with E-state index in [2.05, 4.69) is 15.0 Å². The van der Waals surface area contributed by atoms with Crippen LogP contribution >= 0.6 is 0 Å². The Morgan fingerprint density at radius 2 is 1.80 bits per heavy atom. The van der Waals surface area contributed by atoms with Crippen LogP contribution in [-0.4, -0.2) is 58.6 Å². The second kappa shape index (κ2) is 13.2. The smallest absolute Gasteiger partial charge is 0.435 e. The number of nitrogens with zero attached hydrogens (tertiary/aromatic N) is 5. The van der Waals surface area contributed by atoms with Crippen molar-refractivity contribution >= 4 is 40.7 Å². The van der Waals surface area contributed by atoms with Crippen LogP contribution in [0.15, 0.2) is 71.9 Å². The van der Waals surface area contributed by atoms with Gasteiger partial charge in [-0.05, 0) is 61.5 Å². The molecule has 0 fully saturated rings. The number of ether oxygens (including phenoxy) is 3. The quantitative estimate of drug-likeness (QED) is 0.175. The van der Waals surface area contributed by atoms with Gasteiger partial charge < -0.3 is 24.5 Å². The van der Waals surface area contributed by atoms with E-state index in [1.165, 1.54) is 12.0 Å². The van der Waals surface area contributed by atoms with Crippen LogP contribution in [0.2, 0.25) is 0 Å². The predicted molar refractivity (Wildman–Crippen MR) is 152 cm³/mol. The fourth-order valence-electron chi connectivity index (χ4n) is 3.99. The Morgan fingerprint density at radius 1 is 1.05 bits per heavy atom. The second-order valence-electron chi connectivity index (χ2n) is 8.77. The van der Waals surface area contributed by atoms with Gasteiger partial charge in [-0.1, -0.05) is 6.07 Å². The molecule has 12 heteroatoms. The Labute approximate surface area is 236 Å². The number of rotatable bonds is 10. The fourth-order valence-corrected chi connectivity index (χ4v) is 3.99. The van der Waals surface area contributed by atoms with E-state index in [0.29, 0.717) is 34.0 Å². The molecule has 12 nitrogen and oxygen atoms in total. The molecule has 2 N–H and O–H groups in total. The van der Waals surface area contributed by atoms with Crippen molar-refractivity contribution in [3.63, 3.8) is 0 Å². The summed E-state index contributed by atoms with van der Waals surface area (Å²) >= 11 is 0. The molecule has 4 rings (SSSR count). The lowest BCUT2D eigenvalue weighted by Gasteiger charge is -2.21. The molecule has 0 unspecified atom stereocenters. The molecule has 2 heterocycles. The molecule has 0 radical (unpaired) electrons. The Hall–Kier alpha value is -5.26. The molecule has 212 valence electrons. The third-order valence-electron chi connectivity index (χ3n) is 6.16. The number of aliphatic imine (C=N–C) groups is 1. The van der Waals surface area contributed by atoms with Crippen LogP contribution in [0.1, 0.15) is 35.1 Å². The Balaban J connectivity index is 1.49. The van der Waals surface area contributed by atoms with Crippen molar-refractivity contribution in [3.05, 3.63) is 83.8 Å². The summed E-state index contributed by atoms with van der Waals surface area (Å²) in [5.41, 5.74) is 8.25. The van der Waals surface area contributed by atoms with Gasteiger partial charge in [0.15, 0.2) is 0 Å². The number of imidazole rings is 1. The standard InChI is InChI=1S/C29H30N6O6/c1-4-40-29(38)33-27(30)19-8-11-21(12-9-19)41-18-25-32-22-17-20(10-13-23(22)34(25)2)28(37)35(16-14-26(36)39-3)24-7-5-6-15-31-24/h5-13,15,17H,4,14,16,18H2,1-3H3,(H2,30,33,38). The maximum atomic E-state index is 13.5. The van der Waals surface area contributed by atoms with Gasteiger partial charge in [-0.3, -0.25) is 14.5 Å². The van der Waals surface area contributed by atoms with Gasteiger partial charge in [0.1, 0.15) is 29.8 Å². The first kappa shape index (κ1) is 28.7. The SMILES string of the molecule is CCOC(=O)/N=C(/N)c1ccc(OCc2nc3cc(C(=O)N(CCC(=O)OC)c4ccccn4)ccc3n2C)cc1. The van der Waals surface area contributed by atoms with Gasteiger partial charge in [0.25, 0.3) is 5.91 Å². The number of hydrogen-bond acceptors (Lipinski definition) is 8. The first-order chi connectivity index (χ1) is 19.8. The molecule has 0 atom stereocenters. The molecule has 0 aliphatic rings. The lowest BCUT2D eigenvalue weighted by molar-refractivity contribution is -0.140. The molecule has 41 heavy (non-hydrogen) atoms. The van der Waals surface area contributed by atoms with Crippen molar-refractivity contribution in [2.45, 2.75) is 20.0 Å². The molecule has 0 saturated carbocycles. The summed E-state index contributed by atoms with van der Waals surface area (Å²) in [5, 5.41) is 0. The van der Waals surface area contributed by atoms with Crippen molar-refractivity contribution in [1.82, 2.24) is 14.5 Å². The number of carbonyl (C=O) groups is 3. The lowest BCUT2D eigenvalue weighted by Crippen LogP contribution is -2.33. The maximum Gasteiger partial charge on any atom is 0.435 e. The van der Waals surface area contributed by atoms with E-state index in [1.807, 2.05) is 17.7 Å². The van der Waals surface area contributed by atoms with E-state index in [1.54, 1.807) is 67.7 Å². The average Bonchev–Trinajstić information content (AvgIpc) is 3.31. The van der Waals surface area contributed by atoms with E-state index in [4.69, 9.17) is 19.9 Å². The van der Waals surface area contributed by atoms with Crippen molar-refractivity contribution in [3.8, 4) is 5.75 Å². The highest BCUT2D eigenvalue weighted by atomic mass is 16.5. The van der Waals surface area contributed by atoms with Crippen molar-refractivity contribution in [2.24, 2.45) is 17.8 Å². The number of nitrogens with two attached hydrogens (primary N) is 1. The Kier molecular flexibility index (Phi) is 9.25. The number of aryl methyl sites for hydroxylation is 1. The van der Waals surface area contributed by atoms with E-state index >= 15 is 0 Å². The third-order valence-corrected chi connectivity index (χ3v) is 6.16. The molecule has 2 aromatic heterocycles. The summed E-state index contributed by atoms with van der Waals surface area (Å²) in [4.78, 5) is 50.9. The molecule has 0 bridgehead atoms. The minimum Gasteiger partial charge on any atom is -0.486 e. The molecule has 0 spiro atoms. The van der Waals surface area contributed by atoms with Crippen LogP contribution in [0.25, 0.3) is 11.0 Å². The first-order valence-corrected chi connectivity index (χ1v) is 12.8. The Morgan fingerprint density at radius 3 is 2.49 bits per heavy atom. The highest BCUT2D eigenvalue weighted by molar-refractivity contribution is 6.07. The number of aromatic nitrogens is 3. The highest BCUT2D eigenvalue weighted by Crippen LogP contribution is 2.22. The number of pyridine rings is 1. The minimum atomic E-state index is -0.748. The number of hydrogen-bond donors (Lipinski definition) is 1. The predicted octanol–water partition coefficient (Wildman–Crippen LogP) is 3.62. The van der Waals surface area contributed by atoms with Crippen LogP contribution in [0.5, 0.6) is 5.75 Å². The summed E-state index contributed by atoms with van der Waals surface area (Å²) in [6.45, 7) is 2.18. The topological polar surface area (TPSA) is 151 Å². The van der Waals surface area contributed by atoms with Gasteiger partial charge in [-0.25, -0.2) is 14.8 Å². The summed E-state index contributed by atoms with van der Waals surface area (Å²) in [6, 6.07) is 17.3. The summed E-state index contributed by atoms with van der Waals surface area (Å²) < 4.78 is 17.3. The summed E-state index contributed by atoms with van der Waals surface area (Å²) in [6.07, 6.45) is 0.863. The fraction of sp³-hybridized carbons (Fsp3) is 0.241. The number of esters is 1. The number of amides is 2. The monoisotopic (exact) mass is 558 g/mol. The zero-order valence-corrected chi connectivity index (χ0v) is 22.9. The van der Waals surface area contributed by atoms with E-state index in [9.17, 15) is 14.4 Å². The van der Waals surface area contributed by atoms with Crippen LogP contribution in [0.3, 0.4) is 0 Å². The van der Waals surface area contributed by atoms with Crippen molar-refractivity contribution < 1.29 is 28.6 Å². The number of fused-ring (bicyclic) bond motifs is 1. The molecule has 2 aromatic carbocycles.